The number of benzene rings is 2. The van der Waals surface area contributed by atoms with Gasteiger partial charge in [0.15, 0.2) is 14.9 Å². The molecule has 3 aromatic rings. The number of nitrogens with one attached hydrogen (secondary N) is 1. The van der Waals surface area contributed by atoms with Gasteiger partial charge in [0.1, 0.15) is 23.6 Å². The molecule has 154 valence electrons. The predicted octanol–water partition coefficient (Wildman–Crippen LogP) is 5.01. The van der Waals surface area contributed by atoms with Gasteiger partial charge >= 0.3 is 0 Å². The van der Waals surface area contributed by atoms with Crippen LogP contribution in [0.15, 0.2) is 41.4 Å². The maximum atomic E-state index is 13.6. The van der Waals surface area contributed by atoms with Crippen LogP contribution >= 0.6 is 23.2 Å². The van der Waals surface area contributed by atoms with Gasteiger partial charge < -0.3 is 9.72 Å². The maximum Gasteiger partial charge on any atom is 0.194 e. The number of hydrogen-bond donors (Lipinski definition) is 1. The van der Waals surface area contributed by atoms with Gasteiger partial charge in [-0.15, -0.1) is 0 Å². The van der Waals surface area contributed by atoms with E-state index in [0.29, 0.717) is 16.8 Å². The molecule has 0 spiro atoms. The molecule has 0 aliphatic heterocycles. The molecular weight excluding hydrogens is 445 g/mol. The van der Waals surface area contributed by atoms with Crippen LogP contribution < -0.4 is 0 Å². The van der Waals surface area contributed by atoms with Gasteiger partial charge in [0.25, 0.3) is 0 Å². The first kappa shape index (κ1) is 21.7. The first-order valence-corrected chi connectivity index (χ1v) is 11.0. The summed E-state index contributed by atoms with van der Waals surface area (Å²) in [5.74, 6) is -0.896. The zero-order valence-corrected chi connectivity index (χ0v) is 17.7. The van der Waals surface area contributed by atoms with Crippen LogP contribution in [-0.4, -0.2) is 24.6 Å². The quantitative estimate of drug-likeness (QED) is 0.560. The lowest BCUT2D eigenvalue weighted by Gasteiger charge is -2.17. The Bertz CT molecular complexity index is 1170. The summed E-state index contributed by atoms with van der Waals surface area (Å²) in [5, 5.41) is -0.0648. The summed E-state index contributed by atoms with van der Waals surface area (Å²) in [6, 6.07) is 7.87. The van der Waals surface area contributed by atoms with E-state index < -0.39 is 27.6 Å². The molecule has 0 saturated heterocycles. The fourth-order valence-corrected chi connectivity index (χ4v) is 4.05. The minimum absolute atomic E-state index is 0.0350. The SMILES string of the molecule is Cc1[nH]c([C@H](OCc2ccc(F)cc2Cl)c2ccc(F)c(Cl)c2)nc1S(C)(=O)=O. The minimum Gasteiger partial charge on any atom is -0.361 e. The highest BCUT2D eigenvalue weighted by molar-refractivity contribution is 7.90. The highest BCUT2D eigenvalue weighted by Crippen LogP contribution is 2.31. The fourth-order valence-electron chi connectivity index (χ4n) is 2.77. The molecule has 0 unspecified atom stereocenters. The van der Waals surface area contributed by atoms with Crippen LogP contribution in [-0.2, 0) is 21.2 Å². The third kappa shape index (κ3) is 4.95. The predicted molar refractivity (Wildman–Crippen MR) is 106 cm³/mol. The van der Waals surface area contributed by atoms with Gasteiger partial charge in [-0.05, 0) is 42.3 Å². The molecule has 1 atom stereocenters. The van der Waals surface area contributed by atoms with E-state index >= 15 is 0 Å². The van der Waals surface area contributed by atoms with E-state index in [1.54, 1.807) is 6.92 Å². The monoisotopic (exact) mass is 460 g/mol. The van der Waals surface area contributed by atoms with E-state index in [1.165, 1.54) is 30.3 Å². The Morgan fingerprint density at radius 1 is 1.14 bits per heavy atom. The Morgan fingerprint density at radius 2 is 1.86 bits per heavy atom. The Balaban J connectivity index is 2.01. The first-order chi connectivity index (χ1) is 13.6. The van der Waals surface area contributed by atoms with E-state index in [-0.39, 0.29) is 27.5 Å². The number of sulfone groups is 1. The third-order valence-electron chi connectivity index (χ3n) is 4.12. The largest absolute Gasteiger partial charge is 0.361 e. The number of aromatic nitrogens is 2. The second-order valence-electron chi connectivity index (χ2n) is 6.42. The lowest BCUT2D eigenvalue weighted by Crippen LogP contribution is -2.09. The molecule has 0 radical (unpaired) electrons. The Hall–Kier alpha value is -2.00. The summed E-state index contributed by atoms with van der Waals surface area (Å²) >= 11 is 11.9. The van der Waals surface area contributed by atoms with Crippen LogP contribution in [0, 0.1) is 18.6 Å². The van der Waals surface area contributed by atoms with Gasteiger partial charge in [-0.1, -0.05) is 35.3 Å². The molecule has 10 heteroatoms. The average Bonchev–Trinajstić information content (AvgIpc) is 3.01. The van der Waals surface area contributed by atoms with Crippen molar-refractivity contribution in [2.24, 2.45) is 0 Å². The summed E-state index contributed by atoms with van der Waals surface area (Å²) in [6.07, 6.45) is 0.145. The summed E-state index contributed by atoms with van der Waals surface area (Å²) in [5.41, 5.74) is 1.30. The van der Waals surface area contributed by atoms with Gasteiger partial charge in [0, 0.05) is 11.3 Å². The van der Waals surface area contributed by atoms with Crippen molar-refractivity contribution in [1.29, 1.82) is 0 Å². The van der Waals surface area contributed by atoms with E-state index in [2.05, 4.69) is 9.97 Å². The van der Waals surface area contributed by atoms with Crippen LogP contribution in [0.1, 0.15) is 28.7 Å². The summed E-state index contributed by atoms with van der Waals surface area (Å²) in [7, 11) is -3.57. The molecule has 1 aromatic heterocycles. The number of hydrogen-bond acceptors (Lipinski definition) is 4. The van der Waals surface area contributed by atoms with E-state index in [4.69, 9.17) is 27.9 Å². The molecule has 3 rings (SSSR count). The molecule has 0 amide bonds. The lowest BCUT2D eigenvalue weighted by molar-refractivity contribution is 0.0613. The number of ether oxygens (including phenoxy) is 1. The Labute approximate surface area is 176 Å². The molecule has 0 bridgehead atoms. The van der Waals surface area contributed by atoms with Crippen molar-refractivity contribution in [3.05, 3.63) is 80.7 Å². The fraction of sp³-hybridized carbons (Fsp3) is 0.211. The second-order valence-corrected chi connectivity index (χ2v) is 9.17. The molecule has 0 aliphatic carbocycles. The second kappa shape index (κ2) is 8.39. The van der Waals surface area contributed by atoms with E-state index in [9.17, 15) is 17.2 Å². The van der Waals surface area contributed by atoms with Gasteiger partial charge in [-0.25, -0.2) is 22.2 Å². The van der Waals surface area contributed by atoms with E-state index in [1.807, 2.05) is 0 Å². The molecule has 29 heavy (non-hydrogen) atoms. The normalized spacial score (nSPS) is 12.9. The summed E-state index contributed by atoms with van der Waals surface area (Å²) in [4.78, 5) is 7.06. The Morgan fingerprint density at radius 3 is 2.45 bits per heavy atom. The van der Waals surface area contributed by atoms with Crippen molar-refractivity contribution < 1.29 is 21.9 Å². The van der Waals surface area contributed by atoms with Crippen molar-refractivity contribution in [3.63, 3.8) is 0 Å². The third-order valence-corrected chi connectivity index (χ3v) is 5.87. The molecule has 1 heterocycles. The van der Waals surface area contributed by atoms with Crippen molar-refractivity contribution in [2.75, 3.05) is 6.26 Å². The summed E-state index contributed by atoms with van der Waals surface area (Å²) < 4.78 is 56.7. The summed E-state index contributed by atoms with van der Waals surface area (Å²) in [6.45, 7) is 1.53. The minimum atomic E-state index is -3.57. The van der Waals surface area contributed by atoms with Crippen LogP contribution in [0.4, 0.5) is 8.78 Å². The van der Waals surface area contributed by atoms with Gasteiger partial charge in [0.2, 0.25) is 0 Å². The molecule has 0 saturated carbocycles. The lowest BCUT2D eigenvalue weighted by atomic mass is 10.1. The van der Waals surface area contributed by atoms with Crippen LogP contribution in [0.2, 0.25) is 10.0 Å². The number of aromatic amines is 1. The zero-order valence-electron chi connectivity index (χ0n) is 15.3. The number of aryl methyl sites for hydroxylation is 1. The molecule has 2 aromatic carbocycles. The van der Waals surface area contributed by atoms with Crippen LogP contribution in [0.5, 0.6) is 0 Å². The molecular formula is C19H16Cl2F2N2O3S. The molecule has 5 nitrogen and oxygen atoms in total. The van der Waals surface area contributed by atoms with Gasteiger partial charge in [-0.3, -0.25) is 0 Å². The van der Waals surface area contributed by atoms with Gasteiger partial charge in [0.05, 0.1) is 17.3 Å². The van der Waals surface area contributed by atoms with E-state index in [0.717, 1.165) is 12.3 Å². The zero-order chi connectivity index (χ0) is 21.3. The molecule has 0 aliphatic rings. The maximum absolute atomic E-state index is 13.6. The van der Waals surface area contributed by atoms with Crippen molar-refractivity contribution >= 4 is 33.0 Å². The average molecular weight is 461 g/mol. The van der Waals surface area contributed by atoms with Crippen LogP contribution in [0.25, 0.3) is 0 Å². The Kier molecular flexibility index (Phi) is 6.28. The number of H-pyrrole nitrogens is 1. The molecule has 0 fully saturated rings. The van der Waals surface area contributed by atoms with Crippen molar-refractivity contribution in [3.8, 4) is 0 Å². The van der Waals surface area contributed by atoms with Gasteiger partial charge in [-0.2, -0.15) is 0 Å². The van der Waals surface area contributed by atoms with Crippen molar-refractivity contribution in [2.45, 2.75) is 24.7 Å². The number of halogens is 4. The van der Waals surface area contributed by atoms with Crippen molar-refractivity contribution in [1.82, 2.24) is 9.97 Å². The first-order valence-electron chi connectivity index (χ1n) is 8.33. The highest BCUT2D eigenvalue weighted by Gasteiger charge is 2.25. The molecule has 1 N–H and O–H groups in total. The highest BCUT2D eigenvalue weighted by atomic mass is 35.5. The topological polar surface area (TPSA) is 72.0 Å². The number of rotatable bonds is 6. The number of imidazole rings is 1. The standard InChI is InChI=1S/C19H16Cl2F2N2O3S/c1-10-19(29(2,26)27)25-18(24-10)17(11-4-6-16(23)15(21)7-11)28-9-12-3-5-13(22)8-14(12)20/h3-8,17H,9H2,1-2H3,(H,24,25)/t17-/m1/s1. The smallest absolute Gasteiger partial charge is 0.194 e. The number of nitrogens with zero attached hydrogens (tertiary/aromatic N) is 1. The van der Waals surface area contributed by atoms with Crippen LogP contribution in [0.3, 0.4) is 0 Å².